The first-order valence-corrected chi connectivity index (χ1v) is 8.05. The van der Waals surface area contributed by atoms with Gasteiger partial charge in [0.15, 0.2) is 5.82 Å². The van der Waals surface area contributed by atoms with E-state index in [0.717, 1.165) is 22.0 Å². The first kappa shape index (κ1) is 14.9. The van der Waals surface area contributed by atoms with E-state index in [4.69, 9.17) is 23.8 Å². The number of halogens is 1. The minimum atomic E-state index is 0.404. The van der Waals surface area contributed by atoms with Crippen LogP contribution in [0.4, 0.5) is 0 Å². The third-order valence-corrected chi connectivity index (χ3v) is 4.29. The Labute approximate surface area is 147 Å². The van der Waals surface area contributed by atoms with E-state index in [-0.39, 0.29) is 0 Å². The molecule has 0 radical (unpaired) electrons. The van der Waals surface area contributed by atoms with Gasteiger partial charge in [0.25, 0.3) is 0 Å². The zero-order valence-electron chi connectivity index (χ0n) is 12.4. The number of H-pyrrole nitrogens is 2. The molecule has 0 spiro atoms. The SMILES string of the molecule is S=c1[nH]nc(-c2ccccc2Cl)n1/N=C/c1c[nH]c2ccccc12. The Morgan fingerprint density at radius 3 is 2.79 bits per heavy atom. The van der Waals surface area contributed by atoms with Gasteiger partial charge in [-0.2, -0.15) is 14.9 Å². The van der Waals surface area contributed by atoms with Crippen molar-refractivity contribution in [3.63, 3.8) is 0 Å². The van der Waals surface area contributed by atoms with Gasteiger partial charge >= 0.3 is 0 Å². The van der Waals surface area contributed by atoms with Crippen LogP contribution in [0, 0.1) is 4.77 Å². The summed E-state index contributed by atoms with van der Waals surface area (Å²) in [5.74, 6) is 0.571. The number of fused-ring (bicyclic) bond motifs is 1. The Bertz CT molecular complexity index is 1110. The van der Waals surface area contributed by atoms with Gasteiger partial charge < -0.3 is 4.98 Å². The number of aromatic amines is 2. The van der Waals surface area contributed by atoms with Gasteiger partial charge in [-0.1, -0.05) is 41.9 Å². The second-order valence-corrected chi connectivity index (χ2v) is 5.97. The van der Waals surface area contributed by atoms with Crippen molar-refractivity contribution in [1.29, 1.82) is 0 Å². The van der Waals surface area contributed by atoms with Crippen LogP contribution in [0.25, 0.3) is 22.3 Å². The molecule has 0 fully saturated rings. The molecule has 7 heteroatoms. The van der Waals surface area contributed by atoms with Crippen molar-refractivity contribution in [1.82, 2.24) is 19.9 Å². The number of rotatable bonds is 3. The molecule has 5 nitrogen and oxygen atoms in total. The van der Waals surface area contributed by atoms with Gasteiger partial charge in [-0.05, 0) is 30.4 Å². The number of nitrogens with zero attached hydrogens (tertiary/aromatic N) is 3. The molecule has 4 rings (SSSR count). The van der Waals surface area contributed by atoms with Crippen LogP contribution in [0.5, 0.6) is 0 Å². The molecule has 0 unspecified atom stereocenters. The first-order valence-electron chi connectivity index (χ1n) is 7.27. The second kappa shape index (κ2) is 6.07. The summed E-state index contributed by atoms with van der Waals surface area (Å²) in [6.45, 7) is 0. The fourth-order valence-electron chi connectivity index (χ4n) is 2.54. The molecular formula is C17H12ClN5S. The first-order chi connectivity index (χ1) is 11.7. The highest BCUT2D eigenvalue weighted by Crippen LogP contribution is 2.26. The average Bonchev–Trinajstić information content (AvgIpc) is 3.17. The van der Waals surface area contributed by atoms with Crippen molar-refractivity contribution in [3.05, 3.63) is 70.1 Å². The average molecular weight is 354 g/mol. The number of nitrogens with one attached hydrogen (secondary N) is 2. The highest BCUT2D eigenvalue weighted by Gasteiger charge is 2.11. The van der Waals surface area contributed by atoms with E-state index in [0.29, 0.717) is 15.6 Å². The maximum Gasteiger partial charge on any atom is 0.216 e. The minimum absolute atomic E-state index is 0.404. The van der Waals surface area contributed by atoms with Crippen LogP contribution in [0.1, 0.15) is 5.56 Å². The molecule has 2 N–H and O–H groups in total. The standard InChI is InChI=1S/C17H12ClN5S/c18-14-7-3-1-6-13(14)16-21-22-17(24)23(16)20-10-11-9-19-15-8-4-2-5-12(11)15/h1-10,19H,(H,22,24)/b20-10+. The summed E-state index contributed by atoms with van der Waals surface area (Å²) < 4.78 is 1.97. The van der Waals surface area contributed by atoms with Crippen molar-refractivity contribution in [3.8, 4) is 11.4 Å². The predicted molar refractivity (Wildman–Crippen MR) is 99.1 cm³/mol. The number of hydrogen-bond donors (Lipinski definition) is 2. The van der Waals surface area contributed by atoms with Gasteiger partial charge in [0.1, 0.15) is 0 Å². The van der Waals surface area contributed by atoms with E-state index in [1.807, 2.05) is 54.7 Å². The van der Waals surface area contributed by atoms with Crippen molar-refractivity contribution < 1.29 is 0 Å². The van der Waals surface area contributed by atoms with Crippen LogP contribution >= 0.6 is 23.8 Å². The Kier molecular flexibility index (Phi) is 3.76. The van der Waals surface area contributed by atoms with E-state index in [1.165, 1.54) is 0 Å². The zero-order valence-corrected chi connectivity index (χ0v) is 14.0. The number of para-hydroxylation sites is 1. The van der Waals surface area contributed by atoms with Crippen LogP contribution < -0.4 is 0 Å². The van der Waals surface area contributed by atoms with Crippen molar-refractivity contribution in [2.45, 2.75) is 0 Å². The van der Waals surface area contributed by atoms with Gasteiger partial charge in [0.05, 0.1) is 11.2 Å². The van der Waals surface area contributed by atoms with Crippen molar-refractivity contribution in [2.24, 2.45) is 5.10 Å². The fourth-order valence-corrected chi connectivity index (χ4v) is 2.94. The Morgan fingerprint density at radius 1 is 1.12 bits per heavy atom. The van der Waals surface area contributed by atoms with Gasteiger partial charge in [-0.3, -0.25) is 0 Å². The molecule has 0 bridgehead atoms. The molecule has 4 aromatic rings. The molecule has 0 saturated heterocycles. The third-order valence-electron chi connectivity index (χ3n) is 3.70. The summed E-state index contributed by atoms with van der Waals surface area (Å²) in [5.41, 5.74) is 2.79. The lowest BCUT2D eigenvalue weighted by molar-refractivity contribution is 0.872. The molecular weight excluding hydrogens is 342 g/mol. The quantitative estimate of drug-likeness (QED) is 0.417. The summed E-state index contributed by atoms with van der Waals surface area (Å²) in [7, 11) is 0. The van der Waals surface area contributed by atoms with Crippen LogP contribution in [0.2, 0.25) is 5.02 Å². The van der Waals surface area contributed by atoms with Crippen LogP contribution in [0.15, 0.2) is 59.8 Å². The molecule has 0 aliphatic carbocycles. The normalized spacial score (nSPS) is 11.5. The number of hydrogen-bond acceptors (Lipinski definition) is 3. The van der Waals surface area contributed by atoms with Gasteiger partial charge in [0, 0.05) is 28.2 Å². The minimum Gasteiger partial charge on any atom is -0.361 e. The number of aromatic nitrogens is 4. The molecule has 24 heavy (non-hydrogen) atoms. The zero-order chi connectivity index (χ0) is 16.5. The predicted octanol–water partition coefficient (Wildman–Crippen LogP) is 4.62. The van der Waals surface area contributed by atoms with Crippen molar-refractivity contribution in [2.75, 3.05) is 0 Å². The van der Waals surface area contributed by atoms with E-state index in [9.17, 15) is 0 Å². The molecule has 2 aromatic heterocycles. The lowest BCUT2D eigenvalue weighted by atomic mass is 10.2. The maximum atomic E-state index is 6.26. The van der Waals surface area contributed by atoms with Gasteiger partial charge in [-0.15, -0.1) is 0 Å². The van der Waals surface area contributed by atoms with E-state index in [2.05, 4.69) is 20.3 Å². The number of benzene rings is 2. The molecule has 0 atom stereocenters. The van der Waals surface area contributed by atoms with Crippen LogP contribution in [-0.2, 0) is 0 Å². The molecule has 2 aromatic carbocycles. The highest BCUT2D eigenvalue weighted by molar-refractivity contribution is 7.71. The molecule has 0 amide bonds. The monoisotopic (exact) mass is 353 g/mol. The van der Waals surface area contributed by atoms with Gasteiger partial charge in [-0.25, -0.2) is 5.10 Å². The summed E-state index contributed by atoms with van der Waals surface area (Å²) in [4.78, 5) is 3.22. The maximum absolute atomic E-state index is 6.26. The molecule has 0 aliphatic rings. The summed E-state index contributed by atoms with van der Waals surface area (Å²) in [6, 6.07) is 15.5. The largest absolute Gasteiger partial charge is 0.361 e. The molecule has 118 valence electrons. The van der Waals surface area contributed by atoms with Crippen LogP contribution in [-0.4, -0.2) is 26.1 Å². The third kappa shape index (κ3) is 2.55. The Morgan fingerprint density at radius 2 is 1.92 bits per heavy atom. The van der Waals surface area contributed by atoms with E-state index < -0.39 is 0 Å². The summed E-state index contributed by atoms with van der Waals surface area (Å²) in [5, 5.41) is 13.2. The van der Waals surface area contributed by atoms with Gasteiger partial charge in [0.2, 0.25) is 4.77 Å². The summed E-state index contributed by atoms with van der Waals surface area (Å²) >= 11 is 11.5. The Balaban J connectivity index is 1.80. The Hall–Kier alpha value is -2.70. The van der Waals surface area contributed by atoms with Crippen LogP contribution in [0.3, 0.4) is 0 Å². The fraction of sp³-hybridized carbons (Fsp3) is 0. The lowest BCUT2D eigenvalue weighted by Gasteiger charge is -2.02. The van der Waals surface area contributed by atoms with E-state index >= 15 is 0 Å². The van der Waals surface area contributed by atoms with E-state index in [1.54, 1.807) is 10.9 Å². The topological polar surface area (TPSA) is 61.8 Å². The molecule has 0 aliphatic heterocycles. The second-order valence-electron chi connectivity index (χ2n) is 5.18. The lowest BCUT2D eigenvalue weighted by Crippen LogP contribution is -1.95. The van der Waals surface area contributed by atoms with Crippen molar-refractivity contribution >= 4 is 40.9 Å². The molecule has 0 saturated carbocycles. The molecule has 2 heterocycles. The summed E-state index contributed by atoms with van der Waals surface area (Å²) in [6.07, 6.45) is 3.66. The smallest absolute Gasteiger partial charge is 0.216 e. The highest BCUT2D eigenvalue weighted by atomic mass is 35.5.